The van der Waals surface area contributed by atoms with Crippen molar-refractivity contribution in [3.05, 3.63) is 119 Å². The summed E-state index contributed by atoms with van der Waals surface area (Å²) in [6, 6.07) is 23.7. The highest BCUT2D eigenvalue weighted by atomic mass is 19.1. The minimum Gasteiger partial charge on any atom is -0.493 e. The number of rotatable bonds is 5. The number of benzene rings is 4. The van der Waals surface area contributed by atoms with E-state index < -0.39 is 0 Å². The molecule has 0 bridgehead atoms. The summed E-state index contributed by atoms with van der Waals surface area (Å²) < 4.78 is 51.7. The van der Waals surface area contributed by atoms with E-state index in [0.717, 1.165) is 22.5 Å². The first-order valence-electron chi connectivity index (χ1n) is 13.9. The summed E-state index contributed by atoms with van der Waals surface area (Å²) in [4.78, 5) is 16.6. The molecule has 0 saturated heterocycles. The Morgan fingerprint density at radius 3 is 1.39 bits per heavy atom. The molecule has 2 aromatic heterocycles. The lowest BCUT2D eigenvalue weighted by Crippen LogP contribution is -2.22. The smallest absolute Gasteiger partial charge is 0.241 e. The van der Waals surface area contributed by atoms with Crippen molar-refractivity contribution >= 4 is 0 Å². The van der Waals surface area contributed by atoms with E-state index in [1.54, 1.807) is 38.5 Å². The van der Waals surface area contributed by atoms with Gasteiger partial charge in [0.15, 0.2) is 23.0 Å². The second-order valence-electron chi connectivity index (χ2n) is 10.5. The first-order valence-corrected chi connectivity index (χ1v) is 13.9. The number of H-pyrrole nitrogens is 2. The van der Waals surface area contributed by atoms with E-state index in [1.165, 1.54) is 24.3 Å². The predicted molar refractivity (Wildman–Crippen MR) is 158 cm³/mol. The van der Waals surface area contributed by atoms with Crippen LogP contribution in [0.15, 0.2) is 84.9 Å². The molecule has 8 rings (SSSR count). The average molecular weight is 591 g/mol. The number of halogens is 2. The number of para-hydroxylation sites is 2. The van der Waals surface area contributed by atoms with Crippen LogP contribution in [-0.4, -0.2) is 34.2 Å². The molecule has 0 spiro atoms. The zero-order valence-electron chi connectivity index (χ0n) is 23.5. The van der Waals surface area contributed by atoms with Gasteiger partial charge >= 0.3 is 0 Å². The van der Waals surface area contributed by atoms with Crippen LogP contribution in [0, 0.1) is 11.6 Å². The van der Waals surface area contributed by atoms with Gasteiger partial charge in [-0.05, 0) is 60.7 Å². The molecule has 0 fully saturated rings. The first kappa shape index (κ1) is 26.0. The Balaban J connectivity index is 1.38. The summed E-state index contributed by atoms with van der Waals surface area (Å²) >= 11 is 0. The molecule has 0 saturated carbocycles. The third-order valence-corrected chi connectivity index (χ3v) is 8.11. The van der Waals surface area contributed by atoms with Crippen LogP contribution in [0.4, 0.5) is 8.78 Å². The third-order valence-electron chi connectivity index (χ3n) is 8.11. The Labute approximate surface area is 250 Å². The van der Waals surface area contributed by atoms with Gasteiger partial charge < -0.3 is 28.9 Å². The van der Waals surface area contributed by atoms with Gasteiger partial charge in [-0.2, -0.15) is 9.97 Å². The zero-order chi connectivity index (χ0) is 29.9. The number of hydrogen-bond acceptors (Lipinski definition) is 6. The number of imidazole rings is 2. The van der Waals surface area contributed by atoms with Gasteiger partial charge in [-0.1, -0.05) is 24.3 Å². The fourth-order valence-corrected chi connectivity index (χ4v) is 6.10. The van der Waals surface area contributed by atoms with Crippen LogP contribution in [0.1, 0.15) is 34.4 Å². The minimum absolute atomic E-state index is 0.340. The number of fused-ring (bicyclic) bond motifs is 4. The molecule has 2 unspecified atom stereocenters. The van der Waals surface area contributed by atoms with Crippen LogP contribution in [0.2, 0.25) is 0 Å². The van der Waals surface area contributed by atoms with Crippen molar-refractivity contribution in [2.24, 2.45) is 0 Å². The number of methoxy groups -OCH3 is 2. The molecule has 0 amide bonds. The molecule has 2 N–H and O–H groups in total. The summed E-state index contributed by atoms with van der Waals surface area (Å²) in [5, 5.41) is 0. The average Bonchev–Trinajstić information content (AvgIpc) is 3.67. The van der Waals surface area contributed by atoms with Gasteiger partial charge in [0.1, 0.15) is 23.3 Å². The molecule has 10 heteroatoms. The van der Waals surface area contributed by atoms with Crippen molar-refractivity contribution in [3.63, 3.8) is 0 Å². The molecule has 8 nitrogen and oxygen atoms in total. The quantitative estimate of drug-likeness (QED) is 0.212. The van der Waals surface area contributed by atoms with Crippen molar-refractivity contribution < 1.29 is 27.7 Å². The van der Waals surface area contributed by atoms with Crippen molar-refractivity contribution in [2.45, 2.75) is 11.8 Å². The van der Waals surface area contributed by atoms with Gasteiger partial charge in [0.25, 0.3) is 0 Å². The van der Waals surface area contributed by atoms with Gasteiger partial charge in [0.05, 0.1) is 25.6 Å². The number of aromatic amines is 2. The number of hydrogen-bond donors (Lipinski definition) is 2. The van der Waals surface area contributed by atoms with Crippen LogP contribution in [0.3, 0.4) is 0 Å². The molecule has 6 aromatic rings. The van der Waals surface area contributed by atoms with E-state index in [9.17, 15) is 8.78 Å². The fraction of sp³-hybridized carbons (Fsp3) is 0.118. The molecule has 2 atom stereocenters. The normalized spacial score (nSPS) is 16.1. The molecule has 4 heterocycles. The topological polar surface area (TPSA) is 94.3 Å². The minimum atomic E-state index is -0.388. The molecule has 0 aliphatic carbocycles. The maximum absolute atomic E-state index is 13.8. The van der Waals surface area contributed by atoms with Crippen LogP contribution in [-0.2, 0) is 0 Å². The Morgan fingerprint density at radius 1 is 0.591 bits per heavy atom. The van der Waals surface area contributed by atoms with Crippen LogP contribution in [0.5, 0.6) is 34.8 Å². The molecular weight excluding hydrogens is 566 g/mol. The predicted octanol–water partition coefficient (Wildman–Crippen LogP) is 7.94. The lowest BCUT2D eigenvalue weighted by molar-refractivity contribution is 0.346. The number of nitrogens with zero attached hydrogens (tertiary/aromatic N) is 2. The summed E-state index contributed by atoms with van der Waals surface area (Å²) in [5.41, 5.74) is 4.55. The SMILES string of the molecule is COc1cccc2c1Oc1nc(-c3ccc(F)cc3)[nH]c1C2C1c2cccc(OC)c2Oc2nc(-c3ccc(F)cc3)[nH]c21. The summed E-state index contributed by atoms with van der Waals surface area (Å²) in [5.74, 6) is 2.55. The van der Waals surface area contributed by atoms with E-state index in [4.69, 9.17) is 28.9 Å². The summed E-state index contributed by atoms with van der Waals surface area (Å²) in [6.45, 7) is 0. The van der Waals surface area contributed by atoms with Crippen LogP contribution >= 0.6 is 0 Å². The van der Waals surface area contributed by atoms with Crippen molar-refractivity contribution in [1.29, 1.82) is 0 Å². The largest absolute Gasteiger partial charge is 0.493 e. The fourth-order valence-electron chi connectivity index (χ4n) is 6.10. The van der Waals surface area contributed by atoms with Crippen molar-refractivity contribution in [1.82, 2.24) is 19.9 Å². The summed E-state index contributed by atoms with van der Waals surface area (Å²) in [7, 11) is 3.18. The third kappa shape index (κ3) is 4.02. The highest BCUT2D eigenvalue weighted by Crippen LogP contribution is 2.59. The van der Waals surface area contributed by atoms with Crippen LogP contribution < -0.4 is 18.9 Å². The van der Waals surface area contributed by atoms with Gasteiger partial charge in [0.2, 0.25) is 11.8 Å². The number of aromatic nitrogens is 4. The molecule has 2 aliphatic rings. The van der Waals surface area contributed by atoms with E-state index in [-0.39, 0.29) is 23.5 Å². The van der Waals surface area contributed by atoms with Gasteiger partial charge in [-0.3, -0.25) is 0 Å². The lowest BCUT2D eigenvalue weighted by Gasteiger charge is -2.35. The Hall–Kier alpha value is -5.64. The molecular formula is C34H24F2N4O4. The molecule has 44 heavy (non-hydrogen) atoms. The molecule has 4 aromatic carbocycles. The van der Waals surface area contributed by atoms with E-state index in [2.05, 4.69) is 9.97 Å². The number of nitrogens with one attached hydrogen (secondary N) is 2. The Bertz CT molecular complexity index is 1890. The maximum atomic E-state index is 13.8. The number of ether oxygens (including phenoxy) is 4. The Kier molecular flexibility index (Phi) is 5.90. The Morgan fingerprint density at radius 2 is 1.00 bits per heavy atom. The first-order chi connectivity index (χ1) is 21.5. The maximum Gasteiger partial charge on any atom is 0.241 e. The van der Waals surface area contributed by atoms with Crippen molar-refractivity contribution in [3.8, 4) is 57.5 Å². The molecule has 0 radical (unpaired) electrons. The second-order valence-corrected chi connectivity index (χ2v) is 10.5. The summed E-state index contributed by atoms with van der Waals surface area (Å²) in [6.07, 6.45) is 0. The molecule has 2 aliphatic heterocycles. The second kappa shape index (κ2) is 9.98. The van der Waals surface area contributed by atoms with Gasteiger partial charge in [0, 0.05) is 34.1 Å². The highest BCUT2D eigenvalue weighted by Gasteiger charge is 2.45. The highest BCUT2D eigenvalue weighted by molar-refractivity contribution is 5.67. The van der Waals surface area contributed by atoms with Gasteiger partial charge in [-0.15, -0.1) is 0 Å². The van der Waals surface area contributed by atoms with Crippen molar-refractivity contribution in [2.75, 3.05) is 14.2 Å². The standard InChI is InChI=1S/C34H24F2N4O4/c1-41-23-7-3-5-21-25(27-33(43-29(21)23)39-31(37-27)17-9-13-19(35)14-10-17)26-22-6-4-8-24(42-2)30(22)44-34-28(26)38-32(40-34)18-11-15-20(36)16-12-18/h3-16,25-26H,1-2H3,(H,37,39)(H,38,40). The van der Waals surface area contributed by atoms with Crippen LogP contribution in [0.25, 0.3) is 22.8 Å². The monoisotopic (exact) mass is 590 g/mol. The molecule has 218 valence electrons. The van der Waals surface area contributed by atoms with E-state index in [1.807, 2.05) is 36.4 Å². The van der Waals surface area contributed by atoms with Gasteiger partial charge in [-0.25, -0.2) is 8.78 Å². The zero-order valence-corrected chi connectivity index (χ0v) is 23.5. The van der Waals surface area contributed by atoms with E-state index >= 15 is 0 Å². The lowest BCUT2D eigenvalue weighted by atomic mass is 9.75. The van der Waals surface area contributed by atoms with E-state index in [0.29, 0.717) is 57.5 Å².